The zero-order valence-electron chi connectivity index (χ0n) is 10.4. The lowest BCUT2D eigenvalue weighted by Crippen LogP contribution is -2.01. The van der Waals surface area contributed by atoms with Gasteiger partial charge in [-0.05, 0) is 24.5 Å². The fourth-order valence-electron chi connectivity index (χ4n) is 1.88. The Labute approximate surface area is 108 Å². The number of para-hydroxylation sites is 1. The molecule has 94 valence electrons. The molecule has 0 bridgehead atoms. The molecule has 0 unspecified atom stereocenters. The molecule has 2 aromatic carbocycles. The molecule has 0 atom stereocenters. The van der Waals surface area contributed by atoms with Crippen molar-refractivity contribution in [2.75, 3.05) is 6.61 Å². The molecule has 0 aromatic heterocycles. The van der Waals surface area contributed by atoms with E-state index in [4.69, 9.17) is 4.74 Å². The lowest BCUT2D eigenvalue weighted by Gasteiger charge is -2.09. The van der Waals surface area contributed by atoms with Crippen molar-refractivity contribution in [2.24, 2.45) is 0 Å². The van der Waals surface area contributed by atoms with E-state index in [0.29, 0.717) is 6.61 Å². The molecule has 2 rings (SSSR count). The van der Waals surface area contributed by atoms with E-state index in [-0.39, 0.29) is 6.61 Å². The number of aliphatic hydroxyl groups excluding tert-OH is 1. The quantitative estimate of drug-likeness (QED) is 0.788. The normalized spacial score (nSPS) is 10.3. The molecule has 2 aromatic rings. The molecule has 0 radical (unpaired) electrons. The standard InChI is InChI=1S/C16H18O2/c17-13-15-10-4-5-11-16(15)18-12-6-9-14-7-2-1-3-8-14/h1-5,7-8,10-11,17H,6,9,12-13H2. The average molecular weight is 242 g/mol. The summed E-state index contributed by atoms with van der Waals surface area (Å²) < 4.78 is 5.69. The second kappa shape index (κ2) is 6.82. The third-order valence-electron chi connectivity index (χ3n) is 2.85. The highest BCUT2D eigenvalue weighted by Gasteiger charge is 2.01. The van der Waals surface area contributed by atoms with Crippen LogP contribution >= 0.6 is 0 Å². The lowest BCUT2D eigenvalue weighted by molar-refractivity contribution is 0.261. The first-order valence-corrected chi connectivity index (χ1v) is 6.25. The van der Waals surface area contributed by atoms with Gasteiger partial charge < -0.3 is 9.84 Å². The SMILES string of the molecule is OCc1ccccc1OCCCc1ccccc1. The van der Waals surface area contributed by atoms with Crippen LogP contribution < -0.4 is 4.74 Å². The van der Waals surface area contributed by atoms with Crippen LogP contribution in [0.15, 0.2) is 54.6 Å². The minimum atomic E-state index is 0.0227. The molecule has 2 nitrogen and oxygen atoms in total. The molecular formula is C16H18O2. The summed E-state index contributed by atoms with van der Waals surface area (Å²) in [6, 6.07) is 18.0. The van der Waals surface area contributed by atoms with Gasteiger partial charge in [0.15, 0.2) is 0 Å². The molecule has 0 saturated heterocycles. The third-order valence-corrected chi connectivity index (χ3v) is 2.85. The van der Waals surface area contributed by atoms with E-state index in [1.54, 1.807) is 0 Å². The van der Waals surface area contributed by atoms with Gasteiger partial charge in [-0.15, -0.1) is 0 Å². The Hall–Kier alpha value is -1.80. The molecule has 0 heterocycles. The van der Waals surface area contributed by atoms with Crippen molar-refractivity contribution in [3.63, 3.8) is 0 Å². The molecule has 0 fully saturated rings. The van der Waals surface area contributed by atoms with Crippen molar-refractivity contribution < 1.29 is 9.84 Å². The third kappa shape index (κ3) is 3.60. The largest absolute Gasteiger partial charge is 0.493 e. The second-order valence-electron chi connectivity index (χ2n) is 4.20. The molecule has 1 N–H and O–H groups in total. The van der Waals surface area contributed by atoms with Gasteiger partial charge in [-0.25, -0.2) is 0 Å². The Morgan fingerprint density at radius 1 is 0.889 bits per heavy atom. The predicted octanol–water partition coefficient (Wildman–Crippen LogP) is 3.19. The summed E-state index contributed by atoms with van der Waals surface area (Å²) in [5.41, 5.74) is 2.17. The molecule has 0 aliphatic rings. The average Bonchev–Trinajstić information content (AvgIpc) is 2.45. The fourth-order valence-corrected chi connectivity index (χ4v) is 1.88. The van der Waals surface area contributed by atoms with Crippen LogP contribution in [0.2, 0.25) is 0 Å². The van der Waals surface area contributed by atoms with Crippen molar-refractivity contribution in [2.45, 2.75) is 19.4 Å². The minimum absolute atomic E-state index is 0.0227. The van der Waals surface area contributed by atoms with Gasteiger partial charge >= 0.3 is 0 Å². The molecule has 2 heteroatoms. The Bertz CT molecular complexity index is 466. The highest BCUT2D eigenvalue weighted by Crippen LogP contribution is 2.18. The van der Waals surface area contributed by atoms with Gasteiger partial charge in [0.25, 0.3) is 0 Å². The van der Waals surface area contributed by atoms with Crippen LogP contribution in [0.4, 0.5) is 0 Å². The van der Waals surface area contributed by atoms with E-state index >= 15 is 0 Å². The zero-order chi connectivity index (χ0) is 12.6. The Morgan fingerprint density at radius 2 is 1.61 bits per heavy atom. The number of rotatable bonds is 6. The van der Waals surface area contributed by atoms with Gasteiger partial charge in [0.05, 0.1) is 13.2 Å². The van der Waals surface area contributed by atoms with Crippen molar-refractivity contribution >= 4 is 0 Å². The summed E-state index contributed by atoms with van der Waals surface area (Å²) in [4.78, 5) is 0. The van der Waals surface area contributed by atoms with Gasteiger partial charge in [0.2, 0.25) is 0 Å². The number of ether oxygens (including phenoxy) is 1. The zero-order valence-corrected chi connectivity index (χ0v) is 10.4. The molecule has 0 spiro atoms. The molecule has 0 amide bonds. The van der Waals surface area contributed by atoms with E-state index in [1.807, 2.05) is 30.3 Å². The molecular weight excluding hydrogens is 224 g/mol. The molecule has 0 saturated carbocycles. The van der Waals surface area contributed by atoms with Gasteiger partial charge in [-0.1, -0.05) is 48.5 Å². The van der Waals surface area contributed by atoms with Crippen molar-refractivity contribution in [3.8, 4) is 5.75 Å². The summed E-state index contributed by atoms with van der Waals surface area (Å²) in [6.07, 6.45) is 1.99. The van der Waals surface area contributed by atoms with Gasteiger partial charge in [0, 0.05) is 5.56 Å². The molecule has 0 aliphatic carbocycles. The van der Waals surface area contributed by atoms with E-state index in [1.165, 1.54) is 5.56 Å². The number of benzene rings is 2. The minimum Gasteiger partial charge on any atom is -0.493 e. The first-order valence-electron chi connectivity index (χ1n) is 6.25. The number of aryl methyl sites for hydroxylation is 1. The second-order valence-corrected chi connectivity index (χ2v) is 4.20. The summed E-state index contributed by atoms with van der Waals surface area (Å²) in [5.74, 6) is 0.785. The Kier molecular flexibility index (Phi) is 4.79. The lowest BCUT2D eigenvalue weighted by atomic mass is 10.1. The maximum absolute atomic E-state index is 9.17. The van der Waals surface area contributed by atoms with Crippen LogP contribution in [-0.2, 0) is 13.0 Å². The van der Waals surface area contributed by atoms with Crippen LogP contribution in [0.25, 0.3) is 0 Å². The highest BCUT2D eigenvalue weighted by atomic mass is 16.5. The number of hydrogen-bond donors (Lipinski definition) is 1. The van der Waals surface area contributed by atoms with E-state index in [0.717, 1.165) is 24.2 Å². The first-order chi connectivity index (χ1) is 8.90. The maximum atomic E-state index is 9.17. The van der Waals surface area contributed by atoms with Gasteiger partial charge in [-0.2, -0.15) is 0 Å². The molecule has 18 heavy (non-hydrogen) atoms. The van der Waals surface area contributed by atoms with E-state index in [9.17, 15) is 5.11 Å². The fraction of sp³-hybridized carbons (Fsp3) is 0.250. The van der Waals surface area contributed by atoms with E-state index < -0.39 is 0 Å². The van der Waals surface area contributed by atoms with Crippen LogP contribution in [0.3, 0.4) is 0 Å². The summed E-state index contributed by atoms with van der Waals surface area (Å²) in [5, 5.41) is 9.17. The van der Waals surface area contributed by atoms with Gasteiger partial charge in [-0.3, -0.25) is 0 Å². The highest BCUT2D eigenvalue weighted by molar-refractivity contribution is 5.32. The first kappa shape index (κ1) is 12.7. The van der Waals surface area contributed by atoms with Crippen molar-refractivity contribution in [1.29, 1.82) is 0 Å². The number of aliphatic hydroxyl groups is 1. The van der Waals surface area contributed by atoms with Crippen molar-refractivity contribution in [3.05, 3.63) is 65.7 Å². The van der Waals surface area contributed by atoms with Crippen LogP contribution in [0, 0.1) is 0 Å². The number of hydrogen-bond acceptors (Lipinski definition) is 2. The Balaban J connectivity index is 1.78. The van der Waals surface area contributed by atoms with Crippen LogP contribution in [-0.4, -0.2) is 11.7 Å². The van der Waals surface area contributed by atoms with Crippen molar-refractivity contribution in [1.82, 2.24) is 0 Å². The smallest absolute Gasteiger partial charge is 0.124 e. The van der Waals surface area contributed by atoms with E-state index in [2.05, 4.69) is 24.3 Å². The Morgan fingerprint density at radius 3 is 2.39 bits per heavy atom. The molecule has 0 aliphatic heterocycles. The summed E-state index contributed by atoms with van der Waals surface area (Å²) >= 11 is 0. The summed E-state index contributed by atoms with van der Waals surface area (Å²) in [6.45, 7) is 0.695. The van der Waals surface area contributed by atoms with Crippen LogP contribution in [0.5, 0.6) is 5.75 Å². The predicted molar refractivity (Wildman–Crippen MR) is 72.6 cm³/mol. The van der Waals surface area contributed by atoms with Gasteiger partial charge in [0.1, 0.15) is 5.75 Å². The monoisotopic (exact) mass is 242 g/mol. The van der Waals surface area contributed by atoms with Crippen LogP contribution in [0.1, 0.15) is 17.5 Å². The summed E-state index contributed by atoms with van der Waals surface area (Å²) in [7, 11) is 0. The maximum Gasteiger partial charge on any atom is 0.124 e. The topological polar surface area (TPSA) is 29.5 Å².